The van der Waals surface area contributed by atoms with Gasteiger partial charge in [0, 0.05) is 33.1 Å². The summed E-state index contributed by atoms with van der Waals surface area (Å²) in [6.45, 7) is 6.97. The van der Waals surface area contributed by atoms with Crippen molar-refractivity contribution in [2.24, 2.45) is 4.99 Å². The van der Waals surface area contributed by atoms with E-state index in [2.05, 4.69) is 44.2 Å². The molecule has 1 rings (SSSR count). The minimum absolute atomic E-state index is 0. The first-order valence-corrected chi connectivity index (χ1v) is 7.63. The van der Waals surface area contributed by atoms with E-state index >= 15 is 0 Å². The first-order valence-electron chi connectivity index (χ1n) is 7.63. The first-order chi connectivity index (χ1) is 9.81. The second-order valence-electron chi connectivity index (χ2n) is 4.78. The molecule has 0 atom stereocenters. The number of hydrogen-bond acceptors (Lipinski definition) is 3. The summed E-state index contributed by atoms with van der Waals surface area (Å²) in [6.07, 6.45) is 7.74. The van der Waals surface area contributed by atoms with E-state index in [0.29, 0.717) is 0 Å². The third-order valence-electron chi connectivity index (χ3n) is 3.20. The number of unbranched alkanes of at least 4 members (excludes halogenated alkanes) is 3. The fourth-order valence-electron chi connectivity index (χ4n) is 2.01. The highest BCUT2D eigenvalue weighted by atomic mass is 127. The van der Waals surface area contributed by atoms with Gasteiger partial charge in [0.2, 0.25) is 0 Å². The van der Waals surface area contributed by atoms with Gasteiger partial charge in [0.25, 0.3) is 0 Å². The van der Waals surface area contributed by atoms with Crippen LogP contribution in [0.2, 0.25) is 0 Å². The average Bonchev–Trinajstić information content (AvgIpc) is 2.92. The SMILES string of the molecule is CCCCCCNC(=NC)NCCn1cnnc1CC.I. The average molecular weight is 408 g/mol. The van der Waals surface area contributed by atoms with Crippen LogP contribution in [0.15, 0.2) is 11.3 Å². The number of guanidine groups is 1. The lowest BCUT2D eigenvalue weighted by atomic mass is 10.2. The number of rotatable bonds is 9. The fraction of sp³-hybridized carbons (Fsp3) is 0.786. The molecule has 0 saturated heterocycles. The predicted octanol–water partition coefficient (Wildman–Crippen LogP) is 2.20. The Balaban J connectivity index is 0.00000400. The Bertz CT molecular complexity index is 391. The van der Waals surface area contributed by atoms with Crippen molar-refractivity contribution in [3.63, 3.8) is 0 Å². The Morgan fingerprint density at radius 3 is 2.62 bits per heavy atom. The highest BCUT2D eigenvalue weighted by molar-refractivity contribution is 14.0. The predicted molar refractivity (Wildman–Crippen MR) is 98.3 cm³/mol. The normalized spacial score (nSPS) is 11.1. The number of nitrogens with zero attached hydrogens (tertiary/aromatic N) is 4. The Hall–Kier alpha value is -0.860. The van der Waals surface area contributed by atoms with Crippen LogP contribution < -0.4 is 10.6 Å². The number of hydrogen-bond donors (Lipinski definition) is 2. The van der Waals surface area contributed by atoms with Crippen molar-refractivity contribution in [3.8, 4) is 0 Å². The molecule has 1 aromatic rings. The Morgan fingerprint density at radius 2 is 1.95 bits per heavy atom. The Labute approximate surface area is 145 Å². The number of aryl methyl sites for hydroxylation is 1. The van der Waals surface area contributed by atoms with E-state index in [9.17, 15) is 0 Å². The van der Waals surface area contributed by atoms with Crippen molar-refractivity contribution in [2.45, 2.75) is 52.5 Å². The number of halogens is 1. The molecule has 1 heterocycles. The van der Waals surface area contributed by atoms with Crippen LogP contribution in [0.25, 0.3) is 0 Å². The molecule has 0 radical (unpaired) electrons. The van der Waals surface area contributed by atoms with Crippen molar-refractivity contribution in [1.29, 1.82) is 0 Å². The monoisotopic (exact) mass is 408 g/mol. The van der Waals surface area contributed by atoms with Crippen LogP contribution >= 0.6 is 24.0 Å². The molecule has 7 heteroatoms. The lowest BCUT2D eigenvalue weighted by molar-refractivity contribution is 0.621. The first kappa shape index (κ1) is 20.1. The van der Waals surface area contributed by atoms with Crippen molar-refractivity contribution < 1.29 is 0 Å². The van der Waals surface area contributed by atoms with E-state index in [1.54, 1.807) is 13.4 Å². The van der Waals surface area contributed by atoms with E-state index in [0.717, 1.165) is 37.8 Å². The highest BCUT2D eigenvalue weighted by Gasteiger charge is 2.01. The summed E-state index contributed by atoms with van der Waals surface area (Å²) in [5.41, 5.74) is 0. The summed E-state index contributed by atoms with van der Waals surface area (Å²) in [7, 11) is 1.80. The van der Waals surface area contributed by atoms with E-state index in [-0.39, 0.29) is 24.0 Å². The third kappa shape index (κ3) is 8.23. The summed E-state index contributed by atoms with van der Waals surface area (Å²) in [6, 6.07) is 0. The molecule has 0 fully saturated rings. The molecule has 122 valence electrons. The minimum Gasteiger partial charge on any atom is -0.356 e. The standard InChI is InChI=1S/C14H28N6.HI/c1-4-6-7-8-9-16-14(15-3)17-10-11-20-12-18-19-13(20)5-2;/h12H,4-11H2,1-3H3,(H2,15,16,17);1H. The van der Waals surface area contributed by atoms with Crippen LogP contribution in [0.4, 0.5) is 0 Å². The van der Waals surface area contributed by atoms with Crippen LogP contribution in [0.5, 0.6) is 0 Å². The van der Waals surface area contributed by atoms with Gasteiger partial charge in [-0.05, 0) is 6.42 Å². The van der Waals surface area contributed by atoms with E-state index in [4.69, 9.17) is 0 Å². The van der Waals surface area contributed by atoms with Crippen molar-refractivity contribution in [2.75, 3.05) is 20.1 Å². The smallest absolute Gasteiger partial charge is 0.191 e. The van der Waals surface area contributed by atoms with Gasteiger partial charge in [0.05, 0.1) is 0 Å². The molecule has 0 spiro atoms. The van der Waals surface area contributed by atoms with Gasteiger partial charge in [-0.1, -0.05) is 33.1 Å². The molecule has 1 aromatic heterocycles. The Kier molecular flexibility index (Phi) is 12.3. The molecule has 0 amide bonds. The molecular formula is C14H29IN6. The molecule has 0 bridgehead atoms. The van der Waals surface area contributed by atoms with Gasteiger partial charge in [-0.25, -0.2) is 0 Å². The van der Waals surface area contributed by atoms with Gasteiger partial charge in [0.1, 0.15) is 12.2 Å². The second kappa shape index (κ2) is 12.8. The zero-order valence-electron chi connectivity index (χ0n) is 13.4. The van der Waals surface area contributed by atoms with E-state index < -0.39 is 0 Å². The van der Waals surface area contributed by atoms with E-state index in [1.807, 2.05) is 0 Å². The van der Waals surface area contributed by atoms with Crippen LogP contribution in [-0.4, -0.2) is 40.9 Å². The molecule has 6 nitrogen and oxygen atoms in total. The summed E-state index contributed by atoms with van der Waals surface area (Å²) < 4.78 is 2.07. The van der Waals surface area contributed by atoms with Gasteiger partial charge in [0.15, 0.2) is 5.96 Å². The molecule has 0 unspecified atom stereocenters. The molecule has 0 aliphatic heterocycles. The molecular weight excluding hydrogens is 379 g/mol. The molecule has 0 aliphatic carbocycles. The van der Waals surface area contributed by atoms with Crippen molar-refractivity contribution in [1.82, 2.24) is 25.4 Å². The number of nitrogens with one attached hydrogen (secondary N) is 2. The molecule has 2 N–H and O–H groups in total. The van der Waals surface area contributed by atoms with Crippen LogP contribution in [-0.2, 0) is 13.0 Å². The van der Waals surface area contributed by atoms with Gasteiger partial charge in [-0.15, -0.1) is 34.2 Å². The summed E-state index contributed by atoms with van der Waals surface area (Å²) in [4.78, 5) is 4.22. The third-order valence-corrected chi connectivity index (χ3v) is 3.20. The van der Waals surface area contributed by atoms with Crippen LogP contribution in [0.1, 0.15) is 45.4 Å². The summed E-state index contributed by atoms with van der Waals surface area (Å²) >= 11 is 0. The largest absolute Gasteiger partial charge is 0.356 e. The quantitative estimate of drug-likeness (QED) is 0.285. The van der Waals surface area contributed by atoms with Crippen LogP contribution in [0, 0.1) is 0 Å². The molecule has 0 saturated carbocycles. The highest BCUT2D eigenvalue weighted by Crippen LogP contribution is 1.97. The van der Waals surface area contributed by atoms with Gasteiger partial charge in [-0.2, -0.15) is 0 Å². The van der Waals surface area contributed by atoms with Crippen LogP contribution in [0.3, 0.4) is 0 Å². The maximum Gasteiger partial charge on any atom is 0.191 e. The maximum absolute atomic E-state index is 4.22. The fourth-order valence-corrected chi connectivity index (χ4v) is 2.01. The van der Waals surface area contributed by atoms with Gasteiger partial charge < -0.3 is 15.2 Å². The zero-order valence-corrected chi connectivity index (χ0v) is 15.8. The molecule has 0 aliphatic rings. The lowest BCUT2D eigenvalue weighted by Gasteiger charge is -2.12. The Morgan fingerprint density at radius 1 is 1.19 bits per heavy atom. The number of aromatic nitrogens is 3. The molecule has 21 heavy (non-hydrogen) atoms. The maximum atomic E-state index is 4.22. The summed E-state index contributed by atoms with van der Waals surface area (Å²) in [5.74, 6) is 1.89. The number of aliphatic imine (C=N–C) groups is 1. The van der Waals surface area contributed by atoms with E-state index in [1.165, 1.54) is 25.7 Å². The van der Waals surface area contributed by atoms with Gasteiger partial charge in [-0.3, -0.25) is 4.99 Å². The lowest BCUT2D eigenvalue weighted by Crippen LogP contribution is -2.39. The topological polar surface area (TPSA) is 67.1 Å². The van der Waals surface area contributed by atoms with Crippen molar-refractivity contribution in [3.05, 3.63) is 12.2 Å². The summed E-state index contributed by atoms with van der Waals surface area (Å²) in [5, 5.41) is 14.6. The second-order valence-corrected chi connectivity index (χ2v) is 4.78. The van der Waals surface area contributed by atoms with Crippen molar-refractivity contribution >= 4 is 29.9 Å². The van der Waals surface area contributed by atoms with Gasteiger partial charge >= 0.3 is 0 Å². The minimum atomic E-state index is 0. The molecule has 0 aromatic carbocycles. The zero-order chi connectivity index (χ0) is 14.6.